The van der Waals surface area contributed by atoms with E-state index in [-0.39, 0.29) is 18.1 Å². The van der Waals surface area contributed by atoms with Gasteiger partial charge in [0.05, 0.1) is 0 Å². The lowest BCUT2D eigenvalue weighted by molar-refractivity contribution is -0.118. The molecule has 0 spiro atoms. The molecular formula is C28H35NO4. The van der Waals surface area contributed by atoms with Gasteiger partial charge in [-0.05, 0) is 79.5 Å². The molecule has 5 nitrogen and oxygen atoms in total. The fraction of sp³-hybridized carbons (Fsp3) is 0.393. The third-order valence-corrected chi connectivity index (χ3v) is 5.56. The molecule has 0 radical (unpaired) electrons. The van der Waals surface area contributed by atoms with Crippen molar-refractivity contribution in [1.29, 1.82) is 0 Å². The van der Waals surface area contributed by atoms with Crippen LogP contribution in [0.4, 0.5) is 0 Å². The fourth-order valence-electron chi connectivity index (χ4n) is 4.03. The van der Waals surface area contributed by atoms with Crippen LogP contribution >= 0.6 is 0 Å². The van der Waals surface area contributed by atoms with E-state index in [0.29, 0.717) is 18.8 Å². The number of ketones is 1. The number of fused-ring (bicyclic) bond motifs is 1. The van der Waals surface area contributed by atoms with Gasteiger partial charge in [-0.15, -0.1) is 0 Å². The Bertz CT molecular complexity index is 1040. The molecule has 3 aromatic carbocycles. The number of hydrogen-bond acceptors (Lipinski definition) is 5. The predicted octanol–water partition coefficient (Wildman–Crippen LogP) is 5.60. The SMILES string of the molecule is CCCN(CCC)CCOc1ccc(Cc2c(OCC(C)=O)ccc3cc(O)ccc23)cc1. The molecule has 0 heterocycles. The number of nitrogens with zero attached hydrogens (tertiary/aromatic N) is 1. The number of phenols is 1. The lowest BCUT2D eigenvalue weighted by atomic mass is 9.97. The molecular weight excluding hydrogens is 414 g/mol. The molecule has 0 unspecified atom stereocenters. The Morgan fingerprint density at radius 2 is 1.64 bits per heavy atom. The lowest BCUT2D eigenvalue weighted by Gasteiger charge is -2.20. The highest BCUT2D eigenvalue weighted by atomic mass is 16.5. The third kappa shape index (κ3) is 7.22. The molecule has 0 saturated heterocycles. The summed E-state index contributed by atoms with van der Waals surface area (Å²) in [5.74, 6) is 1.76. The van der Waals surface area contributed by atoms with E-state index in [2.05, 4.69) is 30.9 Å². The first-order chi connectivity index (χ1) is 16.0. The molecule has 5 heteroatoms. The molecule has 176 valence electrons. The lowest BCUT2D eigenvalue weighted by Crippen LogP contribution is -2.30. The standard InChI is InChI=1S/C28H35NO4/c1-4-14-29(15-5-2)16-17-32-25-10-6-22(7-11-25)18-27-26-12-9-24(31)19-23(26)8-13-28(27)33-20-21(3)30/h6-13,19,31H,4-5,14-18,20H2,1-3H3. The van der Waals surface area contributed by atoms with E-state index in [1.54, 1.807) is 12.1 Å². The molecule has 3 rings (SSSR count). The molecule has 0 aromatic heterocycles. The number of carbonyl (C=O) groups is 1. The zero-order valence-electron chi connectivity index (χ0n) is 20.0. The zero-order chi connectivity index (χ0) is 23.6. The van der Waals surface area contributed by atoms with Crippen LogP contribution in [0.1, 0.15) is 44.7 Å². The van der Waals surface area contributed by atoms with Crippen molar-refractivity contribution < 1.29 is 19.4 Å². The van der Waals surface area contributed by atoms with Gasteiger partial charge in [0.15, 0.2) is 5.78 Å². The number of benzene rings is 3. The molecule has 1 N–H and O–H groups in total. The van der Waals surface area contributed by atoms with Crippen molar-refractivity contribution in [2.45, 2.75) is 40.0 Å². The van der Waals surface area contributed by atoms with E-state index in [4.69, 9.17) is 9.47 Å². The summed E-state index contributed by atoms with van der Waals surface area (Å²) in [7, 11) is 0. The summed E-state index contributed by atoms with van der Waals surface area (Å²) < 4.78 is 11.8. The molecule has 0 aliphatic rings. The summed E-state index contributed by atoms with van der Waals surface area (Å²) in [6.07, 6.45) is 2.96. The van der Waals surface area contributed by atoms with Crippen LogP contribution in [0.2, 0.25) is 0 Å². The number of ether oxygens (including phenoxy) is 2. The first-order valence-corrected chi connectivity index (χ1v) is 11.8. The van der Waals surface area contributed by atoms with Gasteiger partial charge in [-0.2, -0.15) is 0 Å². The van der Waals surface area contributed by atoms with Gasteiger partial charge in [-0.25, -0.2) is 0 Å². The van der Waals surface area contributed by atoms with Gasteiger partial charge in [-0.1, -0.05) is 38.1 Å². The summed E-state index contributed by atoms with van der Waals surface area (Å²) in [6, 6.07) is 17.2. The van der Waals surface area contributed by atoms with Crippen molar-refractivity contribution in [1.82, 2.24) is 4.90 Å². The molecule has 0 aliphatic carbocycles. The van der Waals surface area contributed by atoms with Crippen LogP contribution in [-0.2, 0) is 11.2 Å². The van der Waals surface area contributed by atoms with Crippen LogP contribution in [-0.4, -0.2) is 48.6 Å². The Balaban J connectivity index is 1.72. The number of carbonyl (C=O) groups excluding carboxylic acids is 1. The van der Waals surface area contributed by atoms with E-state index < -0.39 is 0 Å². The molecule has 0 atom stereocenters. The van der Waals surface area contributed by atoms with Crippen LogP contribution < -0.4 is 9.47 Å². The number of aromatic hydroxyl groups is 1. The maximum absolute atomic E-state index is 11.5. The van der Waals surface area contributed by atoms with Gasteiger partial charge in [0, 0.05) is 18.5 Å². The van der Waals surface area contributed by atoms with Gasteiger partial charge in [0.2, 0.25) is 0 Å². The van der Waals surface area contributed by atoms with E-state index in [0.717, 1.165) is 60.1 Å². The van der Waals surface area contributed by atoms with Crippen molar-refractivity contribution >= 4 is 16.6 Å². The largest absolute Gasteiger partial charge is 0.508 e. The maximum atomic E-state index is 11.5. The van der Waals surface area contributed by atoms with Gasteiger partial charge in [-0.3, -0.25) is 9.69 Å². The van der Waals surface area contributed by atoms with Crippen molar-refractivity contribution in [2.75, 3.05) is 32.8 Å². The molecule has 0 amide bonds. The van der Waals surface area contributed by atoms with Crippen LogP contribution in [0.25, 0.3) is 10.8 Å². The summed E-state index contributed by atoms with van der Waals surface area (Å²) in [6.45, 7) is 9.78. The minimum absolute atomic E-state index is 0.0234. The van der Waals surface area contributed by atoms with Gasteiger partial charge >= 0.3 is 0 Å². The normalized spacial score (nSPS) is 11.2. The first kappa shape index (κ1) is 24.6. The topological polar surface area (TPSA) is 59.0 Å². The zero-order valence-corrected chi connectivity index (χ0v) is 20.0. The monoisotopic (exact) mass is 449 g/mol. The molecule has 33 heavy (non-hydrogen) atoms. The van der Waals surface area contributed by atoms with Crippen LogP contribution in [0.5, 0.6) is 17.2 Å². The Labute approximate surface area is 196 Å². The summed E-state index contributed by atoms with van der Waals surface area (Å²) in [4.78, 5) is 13.9. The Morgan fingerprint density at radius 1 is 0.909 bits per heavy atom. The average Bonchev–Trinajstić information content (AvgIpc) is 2.79. The second kappa shape index (κ2) is 12.3. The average molecular weight is 450 g/mol. The molecule has 0 fully saturated rings. The molecule has 3 aromatic rings. The quantitative estimate of drug-likeness (QED) is 0.368. The van der Waals surface area contributed by atoms with E-state index in [1.807, 2.05) is 30.3 Å². The predicted molar refractivity (Wildman–Crippen MR) is 134 cm³/mol. The van der Waals surface area contributed by atoms with E-state index in [1.165, 1.54) is 6.92 Å². The van der Waals surface area contributed by atoms with Crippen LogP contribution in [0.15, 0.2) is 54.6 Å². The Kier molecular flexibility index (Phi) is 9.14. The minimum atomic E-state index is -0.0234. The Hall–Kier alpha value is -3.05. The fourth-order valence-corrected chi connectivity index (χ4v) is 4.03. The van der Waals surface area contributed by atoms with Crippen LogP contribution in [0, 0.1) is 0 Å². The second-order valence-electron chi connectivity index (χ2n) is 8.45. The number of phenolic OH excluding ortho intramolecular Hbond substituents is 1. The van der Waals surface area contributed by atoms with Crippen molar-refractivity contribution in [3.63, 3.8) is 0 Å². The van der Waals surface area contributed by atoms with Crippen molar-refractivity contribution in [3.8, 4) is 17.2 Å². The summed E-state index contributed by atoms with van der Waals surface area (Å²) in [5.41, 5.74) is 2.12. The summed E-state index contributed by atoms with van der Waals surface area (Å²) >= 11 is 0. The molecule has 0 bridgehead atoms. The van der Waals surface area contributed by atoms with Crippen molar-refractivity contribution in [2.24, 2.45) is 0 Å². The number of hydrogen-bond donors (Lipinski definition) is 1. The maximum Gasteiger partial charge on any atom is 0.167 e. The number of Topliss-reactive ketones (excluding diaryl/α,β-unsaturated/α-hetero) is 1. The Morgan fingerprint density at radius 3 is 2.30 bits per heavy atom. The smallest absolute Gasteiger partial charge is 0.167 e. The highest BCUT2D eigenvalue weighted by Crippen LogP contribution is 2.32. The van der Waals surface area contributed by atoms with Crippen LogP contribution in [0.3, 0.4) is 0 Å². The first-order valence-electron chi connectivity index (χ1n) is 11.8. The van der Waals surface area contributed by atoms with Crippen molar-refractivity contribution in [3.05, 3.63) is 65.7 Å². The highest BCUT2D eigenvalue weighted by Gasteiger charge is 2.12. The van der Waals surface area contributed by atoms with Gasteiger partial charge in [0.1, 0.15) is 30.5 Å². The minimum Gasteiger partial charge on any atom is -0.508 e. The van der Waals surface area contributed by atoms with Gasteiger partial charge in [0.25, 0.3) is 0 Å². The summed E-state index contributed by atoms with van der Waals surface area (Å²) in [5, 5.41) is 11.8. The van der Waals surface area contributed by atoms with Gasteiger partial charge < -0.3 is 14.6 Å². The second-order valence-corrected chi connectivity index (χ2v) is 8.45. The number of rotatable bonds is 13. The molecule has 0 aliphatic heterocycles. The van der Waals surface area contributed by atoms with E-state index >= 15 is 0 Å². The van der Waals surface area contributed by atoms with E-state index in [9.17, 15) is 9.90 Å². The highest BCUT2D eigenvalue weighted by molar-refractivity contribution is 5.89. The third-order valence-electron chi connectivity index (χ3n) is 5.56. The molecule has 0 saturated carbocycles.